The number of ether oxygens (including phenoxy) is 1. The highest BCUT2D eigenvalue weighted by molar-refractivity contribution is 6.09. The van der Waals surface area contributed by atoms with Crippen molar-refractivity contribution in [3.05, 3.63) is 48.7 Å². The Hall–Kier alpha value is -2.83. The second-order valence-electron chi connectivity index (χ2n) is 6.78. The van der Waals surface area contributed by atoms with Crippen molar-refractivity contribution >= 4 is 38.7 Å². The molecule has 0 bridgehead atoms. The van der Waals surface area contributed by atoms with E-state index in [-0.39, 0.29) is 0 Å². The van der Waals surface area contributed by atoms with E-state index < -0.39 is 0 Å². The zero-order valence-corrected chi connectivity index (χ0v) is 15.1. The second kappa shape index (κ2) is 7.06. The summed E-state index contributed by atoms with van der Waals surface area (Å²) in [6.45, 7) is 5.48. The van der Waals surface area contributed by atoms with Crippen molar-refractivity contribution in [3.8, 4) is 0 Å². The lowest BCUT2D eigenvalue weighted by Gasteiger charge is -2.26. The number of morpholine rings is 1. The van der Waals surface area contributed by atoms with Crippen molar-refractivity contribution in [2.75, 3.05) is 44.7 Å². The Kier molecular flexibility index (Phi) is 4.27. The molecule has 1 N–H and O–H groups in total. The van der Waals surface area contributed by atoms with Crippen LogP contribution in [0.2, 0.25) is 0 Å². The van der Waals surface area contributed by atoms with Crippen LogP contribution in [0.25, 0.3) is 33.0 Å². The average molecular weight is 359 g/mol. The van der Waals surface area contributed by atoms with Crippen molar-refractivity contribution in [1.82, 2.24) is 19.9 Å². The predicted molar refractivity (Wildman–Crippen MR) is 108 cm³/mol. The number of hydrogen-bond acceptors (Lipinski definition) is 6. The van der Waals surface area contributed by atoms with Crippen molar-refractivity contribution in [2.24, 2.45) is 0 Å². The van der Waals surface area contributed by atoms with Crippen LogP contribution in [-0.4, -0.2) is 59.2 Å². The van der Waals surface area contributed by atoms with Gasteiger partial charge in [-0.15, -0.1) is 0 Å². The summed E-state index contributed by atoms with van der Waals surface area (Å²) in [5, 5.41) is 4.59. The highest BCUT2D eigenvalue weighted by atomic mass is 16.5. The summed E-state index contributed by atoms with van der Waals surface area (Å²) in [6.07, 6.45) is 1.83. The fraction of sp³-hybridized carbons (Fsp3) is 0.286. The normalized spacial score (nSPS) is 15.6. The molecule has 1 fully saturated rings. The minimum absolute atomic E-state index is 0.823. The largest absolute Gasteiger partial charge is 0.382 e. The molecule has 0 saturated carbocycles. The Labute approximate surface area is 157 Å². The van der Waals surface area contributed by atoms with E-state index in [0.29, 0.717) is 0 Å². The fourth-order valence-electron chi connectivity index (χ4n) is 3.64. The smallest absolute Gasteiger partial charge is 0.0990 e. The van der Waals surface area contributed by atoms with Gasteiger partial charge in [0.2, 0.25) is 0 Å². The van der Waals surface area contributed by atoms with Crippen LogP contribution in [0.4, 0.5) is 5.69 Å². The summed E-state index contributed by atoms with van der Waals surface area (Å²) in [5.74, 6) is 0. The Morgan fingerprint density at radius 2 is 1.74 bits per heavy atom. The Balaban J connectivity index is 1.53. The van der Waals surface area contributed by atoms with Crippen LogP contribution in [0, 0.1) is 0 Å². The van der Waals surface area contributed by atoms with Gasteiger partial charge in [-0.3, -0.25) is 9.88 Å². The molecule has 0 amide bonds. The van der Waals surface area contributed by atoms with Crippen LogP contribution in [-0.2, 0) is 4.74 Å². The molecule has 2 aromatic carbocycles. The monoisotopic (exact) mass is 359 g/mol. The summed E-state index contributed by atoms with van der Waals surface area (Å²) >= 11 is 0. The second-order valence-corrected chi connectivity index (χ2v) is 6.78. The molecule has 0 spiro atoms. The summed E-state index contributed by atoms with van der Waals surface area (Å²) in [6, 6.07) is 14.1. The molecule has 5 rings (SSSR count). The van der Waals surface area contributed by atoms with E-state index in [2.05, 4.69) is 27.3 Å². The third kappa shape index (κ3) is 3.18. The number of nitrogens with zero attached hydrogens (tertiary/aromatic N) is 4. The van der Waals surface area contributed by atoms with E-state index in [9.17, 15) is 0 Å². The molecular weight excluding hydrogens is 338 g/mol. The summed E-state index contributed by atoms with van der Waals surface area (Å²) in [7, 11) is 0. The molecule has 3 heterocycles. The summed E-state index contributed by atoms with van der Waals surface area (Å²) in [4.78, 5) is 16.7. The van der Waals surface area contributed by atoms with Gasteiger partial charge in [0, 0.05) is 37.8 Å². The summed E-state index contributed by atoms with van der Waals surface area (Å²) < 4.78 is 5.42. The SMILES string of the molecule is c1ccc2nc3c(cc(NCCN4CCOCC4)c4ncccc43)nc2c1. The molecule has 6 heteroatoms. The van der Waals surface area contributed by atoms with Crippen molar-refractivity contribution in [2.45, 2.75) is 0 Å². The molecule has 0 atom stereocenters. The van der Waals surface area contributed by atoms with Gasteiger partial charge in [0.05, 0.1) is 46.5 Å². The molecule has 1 saturated heterocycles. The maximum absolute atomic E-state index is 5.42. The van der Waals surface area contributed by atoms with Gasteiger partial charge in [0.15, 0.2) is 0 Å². The number of nitrogens with one attached hydrogen (secondary N) is 1. The van der Waals surface area contributed by atoms with E-state index in [1.54, 1.807) is 0 Å². The lowest BCUT2D eigenvalue weighted by atomic mass is 10.1. The number of anilines is 1. The lowest BCUT2D eigenvalue weighted by molar-refractivity contribution is 0.0398. The molecule has 1 aliphatic heterocycles. The molecule has 0 aliphatic carbocycles. The Morgan fingerprint density at radius 1 is 0.926 bits per heavy atom. The molecule has 0 unspecified atom stereocenters. The highest BCUT2D eigenvalue weighted by Crippen LogP contribution is 2.29. The van der Waals surface area contributed by atoms with Gasteiger partial charge in [-0.05, 0) is 30.3 Å². The van der Waals surface area contributed by atoms with E-state index in [1.165, 1.54) is 0 Å². The Morgan fingerprint density at radius 3 is 2.59 bits per heavy atom. The molecule has 4 aromatic rings. The van der Waals surface area contributed by atoms with Crippen LogP contribution in [0.1, 0.15) is 0 Å². The molecular formula is C21H21N5O. The molecule has 136 valence electrons. The lowest BCUT2D eigenvalue weighted by Crippen LogP contribution is -2.39. The third-order valence-corrected chi connectivity index (χ3v) is 5.04. The van der Waals surface area contributed by atoms with Crippen LogP contribution in [0.15, 0.2) is 48.7 Å². The molecule has 0 radical (unpaired) electrons. The first-order valence-corrected chi connectivity index (χ1v) is 9.37. The molecule has 27 heavy (non-hydrogen) atoms. The fourth-order valence-corrected chi connectivity index (χ4v) is 3.64. The van der Waals surface area contributed by atoms with Crippen molar-refractivity contribution in [3.63, 3.8) is 0 Å². The average Bonchev–Trinajstić information content (AvgIpc) is 2.73. The number of hydrogen-bond donors (Lipinski definition) is 1. The number of aromatic nitrogens is 3. The topological polar surface area (TPSA) is 63.2 Å². The number of para-hydroxylation sites is 2. The van der Waals surface area contributed by atoms with Gasteiger partial charge in [0.25, 0.3) is 0 Å². The zero-order valence-electron chi connectivity index (χ0n) is 15.1. The van der Waals surface area contributed by atoms with Gasteiger partial charge in [-0.2, -0.15) is 0 Å². The number of rotatable bonds is 4. The standard InChI is InChI=1S/C21H21N5O/c1-2-6-17-16(5-1)24-19-14-18(22-8-9-26-10-12-27-13-11-26)20-15(21(19)25-17)4-3-7-23-20/h1-7,14,22H,8-13H2. The third-order valence-electron chi connectivity index (χ3n) is 5.04. The van der Waals surface area contributed by atoms with Crippen LogP contribution >= 0.6 is 0 Å². The minimum atomic E-state index is 0.823. The minimum Gasteiger partial charge on any atom is -0.382 e. The first-order valence-electron chi connectivity index (χ1n) is 9.37. The first kappa shape index (κ1) is 16.4. The van der Waals surface area contributed by atoms with Gasteiger partial charge >= 0.3 is 0 Å². The van der Waals surface area contributed by atoms with E-state index in [1.807, 2.05) is 36.5 Å². The van der Waals surface area contributed by atoms with Gasteiger partial charge in [-0.25, -0.2) is 9.97 Å². The summed E-state index contributed by atoms with van der Waals surface area (Å²) in [5.41, 5.74) is 5.56. The highest BCUT2D eigenvalue weighted by Gasteiger charge is 2.13. The van der Waals surface area contributed by atoms with E-state index in [0.717, 1.165) is 78.0 Å². The predicted octanol–water partition coefficient (Wildman–Crippen LogP) is 3.08. The van der Waals surface area contributed by atoms with E-state index >= 15 is 0 Å². The van der Waals surface area contributed by atoms with Crippen LogP contribution in [0.3, 0.4) is 0 Å². The van der Waals surface area contributed by atoms with Crippen molar-refractivity contribution < 1.29 is 4.74 Å². The first-order chi connectivity index (χ1) is 13.4. The maximum atomic E-state index is 5.42. The number of fused-ring (bicyclic) bond motifs is 4. The Bertz CT molecular complexity index is 1110. The quantitative estimate of drug-likeness (QED) is 0.446. The van der Waals surface area contributed by atoms with Crippen molar-refractivity contribution in [1.29, 1.82) is 0 Å². The van der Waals surface area contributed by atoms with Crippen LogP contribution in [0.5, 0.6) is 0 Å². The number of pyridine rings is 1. The van der Waals surface area contributed by atoms with Crippen LogP contribution < -0.4 is 5.32 Å². The van der Waals surface area contributed by atoms with Gasteiger partial charge in [-0.1, -0.05) is 12.1 Å². The van der Waals surface area contributed by atoms with E-state index in [4.69, 9.17) is 14.7 Å². The molecule has 6 nitrogen and oxygen atoms in total. The molecule has 2 aromatic heterocycles. The molecule has 1 aliphatic rings. The van der Waals surface area contributed by atoms with Gasteiger partial charge in [0.1, 0.15) is 0 Å². The zero-order chi connectivity index (χ0) is 18.1. The maximum Gasteiger partial charge on any atom is 0.0990 e. The van der Waals surface area contributed by atoms with Gasteiger partial charge < -0.3 is 10.1 Å². The number of benzene rings is 2.